The monoisotopic (exact) mass is 290 g/mol. The summed E-state index contributed by atoms with van der Waals surface area (Å²) in [4.78, 5) is 4.61. The summed E-state index contributed by atoms with van der Waals surface area (Å²) in [6, 6.07) is 0.720. The van der Waals surface area contributed by atoms with Gasteiger partial charge in [-0.2, -0.15) is 0 Å². The molecule has 0 aromatic carbocycles. The second kappa shape index (κ2) is 7.79. The van der Waals surface area contributed by atoms with E-state index >= 15 is 0 Å². The minimum atomic E-state index is 0.720. The van der Waals surface area contributed by atoms with Crippen molar-refractivity contribution in [2.24, 2.45) is 5.92 Å². The molecule has 0 spiro atoms. The average Bonchev–Trinajstić information content (AvgIpc) is 3.30. The number of rotatable bonds is 9. The lowest BCUT2D eigenvalue weighted by Gasteiger charge is -2.18. The van der Waals surface area contributed by atoms with Crippen LogP contribution in [0.15, 0.2) is 6.20 Å². The summed E-state index contributed by atoms with van der Waals surface area (Å²) in [7, 11) is 1.75. The van der Waals surface area contributed by atoms with Gasteiger partial charge in [0.1, 0.15) is 5.75 Å². The van der Waals surface area contributed by atoms with E-state index in [9.17, 15) is 0 Å². The standard InChI is InChI=1S/C18H30N2O/c1-5-11-19-17(15-9-10-15)8-6-7-16-14(3)18(21-4)13(2)12-20-16/h12,15,17,19H,5-11H2,1-4H3. The Kier molecular flexibility index (Phi) is 6.04. The quantitative estimate of drug-likeness (QED) is 0.751. The van der Waals surface area contributed by atoms with Crippen molar-refractivity contribution < 1.29 is 4.74 Å². The molecule has 1 unspecified atom stereocenters. The first-order valence-corrected chi connectivity index (χ1v) is 8.39. The highest BCUT2D eigenvalue weighted by Gasteiger charge is 2.30. The van der Waals surface area contributed by atoms with Crippen LogP contribution in [0.4, 0.5) is 0 Å². The van der Waals surface area contributed by atoms with Crippen molar-refractivity contribution in [3.05, 3.63) is 23.0 Å². The highest BCUT2D eigenvalue weighted by atomic mass is 16.5. The predicted octanol–water partition coefficient (Wildman–Crippen LogP) is 3.81. The molecule has 1 saturated carbocycles. The second-order valence-corrected chi connectivity index (χ2v) is 6.34. The number of nitrogens with zero attached hydrogens (tertiary/aromatic N) is 1. The smallest absolute Gasteiger partial charge is 0.128 e. The number of nitrogens with one attached hydrogen (secondary N) is 1. The summed E-state index contributed by atoms with van der Waals surface area (Å²) in [5.41, 5.74) is 3.53. The maximum atomic E-state index is 5.49. The molecule has 0 radical (unpaired) electrons. The number of hydrogen-bond donors (Lipinski definition) is 1. The zero-order valence-corrected chi connectivity index (χ0v) is 14.0. The zero-order chi connectivity index (χ0) is 15.2. The molecule has 1 aliphatic carbocycles. The molecule has 1 aromatic rings. The summed E-state index contributed by atoms with van der Waals surface area (Å²) in [6.07, 6.45) is 9.52. The average molecular weight is 290 g/mol. The molecule has 1 aliphatic rings. The van der Waals surface area contributed by atoms with Crippen LogP contribution in [0, 0.1) is 19.8 Å². The van der Waals surface area contributed by atoms with Gasteiger partial charge in [0.2, 0.25) is 0 Å². The highest BCUT2D eigenvalue weighted by molar-refractivity contribution is 5.41. The van der Waals surface area contributed by atoms with Gasteiger partial charge in [0.25, 0.3) is 0 Å². The summed E-state index contributed by atoms with van der Waals surface area (Å²) in [5, 5.41) is 3.72. The summed E-state index contributed by atoms with van der Waals surface area (Å²) in [5.74, 6) is 1.93. The van der Waals surface area contributed by atoms with Gasteiger partial charge in [-0.1, -0.05) is 6.92 Å². The van der Waals surface area contributed by atoms with Gasteiger partial charge in [-0.3, -0.25) is 4.98 Å². The van der Waals surface area contributed by atoms with Crippen LogP contribution in [0.1, 0.15) is 55.8 Å². The van der Waals surface area contributed by atoms with Crippen LogP contribution in [-0.4, -0.2) is 24.7 Å². The number of aryl methyl sites for hydroxylation is 2. The van der Waals surface area contributed by atoms with E-state index in [4.69, 9.17) is 4.74 Å². The summed E-state index contributed by atoms with van der Waals surface area (Å²) < 4.78 is 5.49. The first-order valence-electron chi connectivity index (χ1n) is 8.39. The van der Waals surface area contributed by atoms with E-state index in [1.165, 1.54) is 43.4 Å². The molecule has 1 heterocycles. The van der Waals surface area contributed by atoms with Crippen LogP contribution in [0.2, 0.25) is 0 Å². The maximum absolute atomic E-state index is 5.49. The largest absolute Gasteiger partial charge is 0.496 e. The van der Waals surface area contributed by atoms with Gasteiger partial charge in [0.15, 0.2) is 0 Å². The van der Waals surface area contributed by atoms with Gasteiger partial charge in [0.05, 0.1) is 7.11 Å². The van der Waals surface area contributed by atoms with Crippen molar-refractivity contribution in [2.75, 3.05) is 13.7 Å². The second-order valence-electron chi connectivity index (χ2n) is 6.34. The summed E-state index contributed by atoms with van der Waals surface area (Å²) in [6.45, 7) is 7.57. The molecular formula is C18H30N2O. The Labute approximate surface area is 129 Å². The van der Waals surface area contributed by atoms with Crippen LogP contribution < -0.4 is 10.1 Å². The van der Waals surface area contributed by atoms with E-state index in [1.807, 2.05) is 6.20 Å². The van der Waals surface area contributed by atoms with Crippen LogP contribution in [-0.2, 0) is 6.42 Å². The predicted molar refractivity (Wildman–Crippen MR) is 88.0 cm³/mol. The normalized spacial score (nSPS) is 16.0. The molecule has 0 saturated heterocycles. The van der Waals surface area contributed by atoms with Gasteiger partial charge in [0, 0.05) is 29.1 Å². The van der Waals surface area contributed by atoms with Gasteiger partial charge >= 0.3 is 0 Å². The fourth-order valence-electron chi connectivity index (χ4n) is 3.15. The lowest BCUT2D eigenvalue weighted by atomic mass is 10.0. The van der Waals surface area contributed by atoms with Crippen LogP contribution in [0.5, 0.6) is 5.75 Å². The molecule has 118 valence electrons. The van der Waals surface area contributed by atoms with Crippen molar-refractivity contribution in [3.8, 4) is 5.75 Å². The van der Waals surface area contributed by atoms with Crippen molar-refractivity contribution in [1.82, 2.24) is 10.3 Å². The summed E-state index contributed by atoms with van der Waals surface area (Å²) >= 11 is 0. The van der Waals surface area contributed by atoms with Crippen molar-refractivity contribution in [1.29, 1.82) is 0 Å². The molecule has 2 rings (SSSR count). The Hall–Kier alpha value is -1.09. The molecule has 3 heteroatoms. The van der Waals surface area contributed by atoms with Crippen LogP contribution in [0.25, 0.3) is 0 Å². The van der Waals surface area contributed by atoms with Crippen molar-refractivity contribution in [3.63, 3.8) is 0 Å². The number of hydrogen-bond acceptors (Lipinski definition) is 3. The molecule has 1 N–H and O–H groups in total. The molecule has 3 nitrogen and oxygen atoms in total. The van der Waals surface area contributed by atoms with E-state index in [0.717, 1.165) is 36.2 Å². The lowest BCUT2D eigenvalue weighted by Crippen LogP contribution is -2.31. The Morgan fingerprint density at radius 2 is 2.14 bits per heavy atom. The molecule has 1 fully saturated rings. The van der Waals surface area contributed by atoms with Crippen molar-refractivity contribution in [2.45, 2.75) is 65.3 Å². The molecule has 1 aromatic heterocycles. The Bertz CT molecular complexity index is 455. The third-order valence-corrected chi connectivity index (χ3v) is 4.53. The molecule has 21 heavy (non-hydrogen) atoms. The number of pyridine rings is 1. The first-order chi connectivity index (χ1) is 10.2. The highest BCUT2D eigenvalue weighted by Crippen LogP contribution is 2.35. The first kappa shape index (κ1) is 16.3. The maximum Gasteiger partial charge on any atom is 0.128 e. The third-order valence-electron chi connectivity index (χ3n) is 4.53. The van der Waals surface area contributed by atoms with Gasteiger partial charge < -0.3 is 10.1 Å². The number of aromatic nitrogens is 1. The van der Waals surface area contributed by atoms with Gasteiger partial charge in [-0.15, -0.1) is 0 Å². The van der Waals surface area contributed by atoms with Crippen LogP contribution in [0.3, 0.4) is 0 Å². The minimum Gasteiger partial charge on any atom is -0.496 e. The Morgan fingerprint density at radius 1 is 1.38 bits per heavy atom. The number of ether oxygens (including phenoxy) is 1. The van der Waals surface area contributed by atoms with E-state index in [2.05, 4.69) is 31.1 Å². The molecular weight excluding hydrogens is 260 g/mol. The zero-order valence-electron chi connectivity index (χ0n) is 14.0. The van der Waals surface area contributed by atoms with E-state index < -0.39 is 0 Å². The minimum absolute atomic E-state index is 0.720. The number of methoxy groups -OCH3 is 1. The van der Waals surface area contributed by atoms with Gasteiger partial charge in [-0.25, -0.2) is 0 Å². The van der Waals surface area contributed by atoms with Gasteiger partial charge in [-0.05, 0) is 64.8 Å². The lowest BCUT2D eigenvalue weighted by molar-refractivity contribution is 0.405. The van der Waals surface area contributed by atoms with E-state index in [1.54, 1.807) is 7.11 Å². The SMILES string of the molecule is CCCNC(CCCc1ncc(C)c(OC)c1C)C1CC1. The molecule has 0 bridgehead atoms. The Morgan fingerprint density at radius 3 is 2.76 bits per heavy atom. The Balaban J connectivity index is 1.87. The molecule has 0 aliphatic heterocycles. The fraction of sp³-hybridized carbons (Fsp3) is 0.722. The third kappa shape index (κ3) is 4.44. The topological polar surface area (TPSA) is 34.2 Å². The molecule has 0 amide bonds. The fourth-order valence-corrected chi connectivity index (χ4v) is 3.15. The van der Waals surface area contributed by atoms with Crippen molar-refractivity contribution >= 4 is 0 Å². The van der Waals surface area contributed by atoms with E-state index in [0.29, 0.717) is 0 Å². The molecule has 1 atom stereocenters. The van der Waals surface area contributed by atoms with E-state index in [-0.39, 0.29) is 0 Å². The van der Waals surface area contributed by atoms with Crippen LogP contribution >= 0.6 is 0 Å².